The van der Waals surface area contributed by atoms with Gasteiger partial charge in [-0.15, -0.1) is 0 Å². The Labute approximate surface area is 178 Å². The molecule has 164 valence electrons. The normalized spacial score (nSPS) is 22.6. The van der Waals surface area contributed by atoms with Crippen molar-refractivity contribution in [3.05, 3.63) is 53.3 Å². The minimum atomic E-state index is -0.520. The van der Waals surface area contributed by atoms with E-state index in [-0.39, 0.29) is 30.3 Å². The number of oxazole rings is 1. The molecule has 2 atom stereocenters. The third-order valence-corrected chi connectivity index (χ3v) is 5.36. The van der Waals surface area contributed by atoms with Crippen molar-refractivity contribution in [3.8, 4) is 11.5 Å². The number of imide groups is 1. The highest BCUT2D eigenvalue weighted by atomic mass is 19.1. The van der Waals surface area contributed by atoms with E-state index >= 15 is 0 Å². The number of carbonyl (C=O) groups is 2. The predicted molar refractivity (Wildman–Crippen MR) is 108 cm³/mol. The topological polar surface area (TPSA) is 103 Å². The lowest BCUT2D eigenvalue weighted by Crippen LogP contribution is -2.28. The molecule has 0 bridgehead atoms. The van der Waals surface area contributed by atoms with Gasteiger partial charge in [-0.1, -0.05) is 0 Å². The lowest BCUT2D eigenvalue weighted by Gasteiger charge is -2.28. The molecule has 2 aromatic rings. The number of carbonyl (C=O) groups excluding carboxylic acids is 2. The second kappa shape index (κ2) is 9.40. The smallest absolute Gasteiger partial charge is 0.326 e. The Morgan fingerprint density at radius 3 is 2.61 bits per heavy atom. The van der Waals surface area contributed by atoms with E-state index in [1.165, 1.54) is 12.1 Å². The van der Waals surface area contributed by atoms with E-state index in [0.29, 0.717) is 23.8 Å². The van der Waals surface area contributed by atoms with E-state index < -0.39 is 11.9 Å². The Kier molecular flexibility index (Phi) is 6.43. The van der Waals surface area contributed by atoms with Crippen LogP contribution in [-0.2, 0) is 20.9 Å². The molecular formula is C22H24FN3O5. The molecule has 2 N–H and O–H groups in total. The molecule has 1 saturated carbocycles. The van der Waals surface area contributed by atoms with Gasteiger partial charge in [0.2, 0.25) is 5.89 Å². The SMILES string of the molecule is Cc1oc(-c2ccc(F)cc2)nc1CO[C@H]1CCC[C@@H](OCC=C2NC(=O)NC2=O)C1. The van der Waals surface area contributed by atoms with Crippen LogP contribution in [0.2, 0.25) is 0 Å². The van der Waals surface area contributed by atoms with Crippen molar-refractivity contribution in [2.45, 2.75) is 51.4 Å². The molecule has 9 heteroatoms. The molecule has 4 rings (SSSR count). The molecule has 1 aromatic carbocycles. The fourth-order valence-corrected chi connectivity index (χ4v) is 3.67. The average molecular weight is 429 g/mol. The summed E-state index contributed by atoms with van der Waals surface area (Å²) in [6, 6.07) is 5.48. The molecule has 2 fully saturated rings. The summed E-state index contributed by atoms with van der Waals surface area (Å²) in [6.07, 6.45) is 5.18. The average Bonchev–Trinajstić information content (AvgIpc) is 3.28. The van der Waals surface area contributed by atoms with E-state index in [1.54, 1.807) is 18.2 Å². The van der Waals surface area contributed by atoms with Crippen molar-refractivity contribution < 1.29 is 27.9 Å². The number of aromatic nitrogens is 1. The van der Waals surface area contributed by atoms with Crippen LogP contribution in [0.1, 0.15) is 37.1 Å². The summed E-state index contributed by atoms with van der Waals surface area (Å²) >= 11 is 0. The summed E-state index contributed by atoms with van der Waals surface area (Å²) in [5.74, 6) is 0.363. The summed E-state index contributed by atoms with van der Waals surface area (Å²) in [6.45, 7) is 2.39. The summed E-state index contributed by atoms with van der Waals surface area (Å²) in [5.41, 5.74) is 1.64. The number of amides is 3. The molecule has 31 heavy (non-hydrogen) atoms. The lowest BCUT2D eigenvalue weighted by atomic mass is 9.95. The van der Waals surface area contributed by atoms with Crippen molar-refractivity contribution >= 4 is 11.9 Å². The molecule has 3 amide bonds. The number of nitrogens with one attached hydrogen (secondary N) is 2. The molecule has 2 heterocycles. The number of hydrogen-bond acceptors (Lipinski definition) is 6. The molecule has 0 spiro atoms. The van der Waals surface area contributed by atoms with Crippen LogP contribution in [0.3, 0.4) is 0 Å². The maximum Gasteiger partial charge on any atom is 0.326 e. The van der Waals surface area contributed by atoms with Crippen LogP contribution in [0, 0.1) is 12.7 Å². The van der Waals surface area contributed by atoms with Gasteiger partial charge in [-0.05, 0) is 62.9 Å². The zero-order valence-corrected chi connectivity index (χ0v) is 17.2. The molecule has 0 unspecified atom stereocenters. The third-order valence-electron chi connectivity index (χ3n) is 5.36. The number of benzene rings is 1. The Balaban J connectivity index is 1.27. The fourth-order valence-electron chi connectivity index (χ4n) is 3.67. The summed E-state index contributed by atoms with van der Waals surface area (Å²) in [7, 11) is 0. The summed E-state index contributed by atoms with van der Waals surface area (Å²) in [5, 5.41) is 4.58. The highest BCUT2D eigenvalue weighted by Crippen LogP contribution is 2.26. The molecule has 1 aliphatic heterocycles. The van der Waals surface area contributed by atoms with Gasteiger partial charge in [-0.25, -0.2) is 14.2 Å². The summed E-state index contributed by atoms with van der Waals surface area (Å²) < 4.78 is 30.7. The first-order valence-electron chi connectivity index (χ1n) is 10.3. The zero-order valence-electron chi connectivity index (χ0n) is 17.2. The van der Waals surface area contributed by atoms with Gasteiger partial charge in [0.1, 0.15) is 23.0 Å². The third kappa shape index (κ3) is 5.36. The van der Waals surface area contributed by atoms with Gasteiger partial charge in [0, 0.05) is 5.56 Å². The number of urea groups is 1. The Morgan fingerprint density at radius 1 is 1.16 bits per heavy atom. The minimum Gasteiger partial charge on any atom is -0.441 e. The molecule has 2 aliphatic rings. The largest absolute Gasteiger partial charge is 0.441 e. The first-order valence-corrected chi connectivity index (χ1v) is 10.3. The standard InChI is InChI=1S/C22H24FN3O5/c1-13-19(24-21(31-13)14-5-7-15(23)8-6-14)12-30-17-4-2-3-16(11-17)29-10-9-18-20(27)26-22(28)25-18/h5-9,16-17H,2-4,10-12H2,1H3,(H2,25,26,27,28)/t16-,17+/m1/s1. The number of ether oxygens (including phenoxy) is 2. The number of aryl methyl sites for hydroxylation is 1. The Morgan fingerprint density at radius 2 is 1.90 bits per heavy atom. The first kappa shape index (κ1) is 21.2. The molecule has 1 saturated heterocycles. The Bertz CT molecular complexity index is 986. The highest BCUT2D eigenvalue weighted by Gasteiger charge is 2.25. The molecule has 8 nitrogen and oxygen atoms in total. The van der Waals surface area contributed by atoms with Crippen LogP contribution >= 0.6 is 0 Å². The molecule has 0 radical (unpaired) electrons. The van der Waals surface area contributed by atoms with Crippen molar-refractivity contribution in [2.75, 3.05) is 6.61 Å². The van der Waals surface area contributed by atoms with Crippen LogP contribution in [0.25, 0.3) is 11.5 Å². The number of rotatable bonds is 7. The van der Waals surface area contributed by atoms with Crippen LogP contribution in [0.15, 0.2) is 40.5 Å². The number of nitrogens with zero attached hydrogens (tertiary/aromatic N) is 1. The minimum absolute atomic E-state index is 0.0175. The monoisotopic (exact) mass is 429 g/mol. The number of halogens is 1. The van der Waals surface area contributed by atoms with Crippen molar-refractivity contribution in [1.82, 2.24) is 15.6 Å². The van der Waals surface area contributed by atoms with Gasteiger partial charge in [0.05, 0.1) is 25.4 Å². The van der Waals surface area contributed by atoms with Crippen LogP contribution in [-0.4, -0.2) is 35.7 Å². The van der Waals surface area contributed by atoms with Gasteiger partial charge in [-0.2, -0.15) is 0 Å². The predicted octanol–water partition coefficient (Wildman–Crippen LogP) is 3.36. The molecule has 1 aromatic heterocycles. The second-order valence-electron chi connectivity index (χ2n) is 7.61. The quantitative estimate of drug-likeness (QED) is 0.517. The van der Waals surface area contributed by atoms with E-state index in [1.807, 2.05) is 6.92 Å². The Hall–Kier alpha value is -3.04. The first-order chi connectivity index (χ1) is 15.0. The maximum absolute atomic E-state index is 13.1. The fraction of sp³-hybridized carbons (Fsp3) is 0.409. The highest BCUT2D eigenvalue weighted by molar-refractivity contribution is 6.11. The van der Waals surface area contributed by atoms with Crippen molar-refractivity contribution in [1.29, 1.82) is 0 Å². The lowest BCUT2D eigenvalue weighted by molar-refractivity contribution is -0.115. The maximum atomic E-state index is 13.1. The molecular weight excluding hydrogens is 405 g/mol. The molecule has 1 aliphatic carbocycles. The second-order valence-corrected chi connectivity index (χ2v) is 7.61. The zero-order chi connectivity index (χ0) is 21.8. The van der Waals surface area contributed by atoms with Gasteiger partial charge < -0.3 is 19.2 Å². The van der Waals surface area contributed by atoms with E-state index in [9.17, 15) is 14.0 Å². The van der Waals surface area contributed by atoms with Crippen molar-refractivity contribution in [2.24, 2.45) is 0 Å². The summed E-state index contributed by atoms with van der Waals surface area (Å²) in [4.78, 5) is 27.1. The van der Waals surface area contributed by atoms with Gasteiger partial charge in [0.25, 0.3) is 5.91 Å². The van der Waals surface area contributed by atoms with E-state index in [0.717, 1.165) is 31.4 Å². The van der Waals surface area contributed by atoms with Crippen LogP contribution < -0.4 is 10.6 Å². The van der Waals surface area contributed by atoms with Gasteiger partial charge >= 0.3 is 6.03 Å². The number of hydrogen-bond donors (Lipinski definition) is 2. The van der Waals surface area contributed by atoms with Crippen molar-refractivity contribution in [3.63, 3.8) is 0 Å². The van der Waals surface area contributed by atoms with Crippen LogP contribution in [0.4, 0.5) is 9.18 Å². The van der Waals surface area contributed by atoms with Gasteiger partial charge in [-0.3, -0.25) is 10.1 Å². The van der Waals surface area contributed by atoms with Gasteiger partial charge in [0.15, 0.2) is 0 Å². The van der Waals surface area contributed by atoms with E-state index in [2.05, 4.69) is 15.6 Å². The van der Waals surface area contributed by atoms with Crippen LogP contribution in [0.5, 0.6) is 0 Å². The van der Waals surface area contributed by atoms with E-state index in [4.69, 9.17) is 13.9 Å².